The summed E-state index contributed by atoms with van der Waals surface area (Å²) >= 11 is 7.93. The van der Waals surface area contributed by atoms with Crippen LogP contribution in [0, 0.1) is 5.82 Å². The quantitative estimate of drug-likeness (QED) is 0.333. The first-order chi connectivity index (χ1) is 16.3. The van der Waals surface area contributed by atoms with Crippen molar-refractivity contribution in [3.8, 4) is 5.69 Å². The van der Waals surface area contributed by atoms with Gasteiger partial charge in [-0.2, -0.15) is 0 Å². The summed E-state index contributed by atoms with van der Waals surface area (Å²) in [5, 5.41) is 19.3. The normalized spacial score (nSPS) is 15.0. The van der Waals surface area contributed by atoms with Crippen LogP contribution in [-0.4, -0.2) is 62.8 Å². The second-order valence-corrected chi connectivity index (χ2v) is 9.75. The van der Waals surface area contributed by atoms with E-state index in [0.717, 1.165) is 24.4 Å². The molecule has 0 radical (unpaired) electrons. The second-order valence-electron chi connectivity index (χ2n) is 8.25. The third kappa shape index (κ3) is 5.32. The number of fused-ring (bicyclic) bond motifs is 3. The van der Waals surface area contributed by atoms with Gasteiger partial charge in [0.05, 0.1) is 11.4 Å². The molecule has 1 aliphatic heterocycles. The zero-order valence-corrected chi connectivity index (χ0v) is 20.5. The molecule has 0 amide bonds. The highest BCUT2D eigenvalue weighted by molar-refractivity contribution is 7.99. The molecule has 0 saturated carbocycles. The second kappa shape index (κ2) is 10.7. The van der Waals surface area contributed by atoms with E-state index < -0.39 is 17.8 Å². The van der Waals surface area contributed by atoms with E-state index in [1.807, 2.05) is 24.7 Å². The van der Waals surface area contributed by atoms with Crippen LogP contribution < -0.4 is 0 Å². The van der Waals surface area contributed by atoms with E-state index >= 15 is 0 Å². The van der Waals surface area contributed by atoms with Gasteiger partial charge in [0, 0.05) is 28.3 Å². The minimum atomic E-state index is -0.934. The molecule has 34 heavy (non-hydrogen) atoms. The van der Waals surface area contributed by atoms with Crippen molar-refractivity contribution in [2.45, 2.75) is 30.5 Å². The lowest BCUT2D eigenvalue weighted by atomic mass is 10.00. The summed E-state index contributed by atoms with van der Waals surface area (Å²) < 4.78 is 16.8. The summed E-state index contributed by atoms with van der Waals surface area (Å²) in [6, 6.07) is 11.2. The van der Waals surface area contributed by atoms with Crippen LogP contribution in [0.2, 0.25) is 5.02 Å². The molecule has 7 nitrogen and oxygen atoms in total. The van der Waals surface area contributed by atoms with Crippen molar-refractivity contribution in [3.63, 3.8) is 0 Å². The molecular weight excluding hydrogens is 477 g/mol. The Balaban J connectivity index is 1.85. The zero-order chi connectivity index (χ0) is 24.2. The standard InChI is InChI=1S/C24H25ClFN5O2S/c1-30(2)12-5-13-34-24-29-28-23-19(9-11-21(32)33)27-22(16-6-3-4-7-18(16)26)17-14-15(25)8-10-20(17)31(23)24/h3-4,6-8,10,14,19H,5,9,11-13H2,1-2H3,(H,32,33)/t19-/m0/s1. The maximum absolute atomic E-state index is 14.9. The fourth-order valence-corrected chi connectivity index (χ4v) is 4.91. The first kappa shape index (κ1) is 24.4. The van der Waals surface area contributed by atoms with Gasteiger partial charge in [0.2, 0.25) is 0 Å². The molecule has 2 aromatic carbocycles. The number of halogens is 2. The number of carbonyl (C=O) groups is 1. The van der Waals surface area contributed by atoms with E-state index in [9.17, 15) is 14.3 Å². The molecule has 0 bridgehead atoms. The van der Waals surface area contributed by atoms with Crippen LogP contribution in [0.15, 0.2) is 52.6 Å². The third-order valence-corrected chi connectivity index (χ3v) is 6.69. The highest BCUT2D eigenvalue weighted by atomic mass is 35.5. The fraction of sp³-hybridized carbons (Fsp3) is 0.333. The van der Waals surface area contributed by atoms with Crippen molar-refractivity contribution in [1.29, 1.82) is 0 Å². The van der Waals surface area contributed by atoms with Crippen molar-refractivity contribution < 1.29 is 14.3 Å². The predicted molar refractivity (Wildman–Crippen MR) is 132 cm³/mol. The first-order valence-corrected chi connectivity index (χ1v) is 12.3. The van der Waals surface area contributed by atoms with Crippen molar-refractivity contribution in [1.82, 2.24) is 19.7 Å². The summed E-state index contributed by atoms with van der Waals surface area (Å²) in [7, 11) is 4.06. The maximum Gasteiger partial charge on any atom is 0.303 e. The Hall–Kier alpha value is -2.75. The number of aromatic nitrogens is 3. The Bertz CT molecular complexity index is 1230. The molecule has 1 N–H and O–H groups in total. The monoisotopic (exact) mass is 501 g/mol. The van der Waals surface area contributed by atoms with Gasteiger partial charge in [0.25, 0.3) is 0 Å². The number of aliphatic carboxylic acids is 1. The van der Waals surface area contributed by atoms with Gasteiger partial charge in [-0.25, -0.2) is 4.39 Å². The molecule has 3 aromatic rings. The Morgan fingerprint density at radius 1 is 1.21 bits per heavy atom. The highest BCUT2D eigenvalue weighted by Crippen LogP contribution is 2.36. The number of hydrogen-bond donors (Lipinski definition) is 1. The smallest absolute Gasteiger partial charge is 0.303 e. The van der Waals surface area contributed by atoms with Crippen molar-refractivity contribution in [2.75, 3.05) is 26.4 Å². The molecule has 0 fully saturated rings. The van der Waals surface area contributed by atoms with Crippen LogP contribution in [0.5, 0.6) is 0 Å². The SMILES string of the molecule is CN(C)CCCSc1nnc2n1-c1ccc(Cl)cc1C(c1ccccc1F)=N[C@H]2CCC(=O)O. The molecule has 2 heterocycles. The van der Waals surface area contributed by atoms with E-state index in [1.165, 1.54) is 6.07 Å². The van der Waals surface area contributed by atoms with E-state index in [2.05, 4.69) is 15.1 Å². The lowest BCUT2D eigenvalue weighted by Crippen LogP contribution is -2.13. The van der Waals surface area contributed by atoms with Gasteiger partial charge in [-0.1, -0.05) is 35.5 Å². The Labute approximate surface area is 206 Å². The van der Waals surface area contributed by atoms with E-state index in [1.54, 1.807) is 42.1 Å². The maximum atomic E-state index is 14.9. The number of benzene rings is 2. The third-order valence-electron chi connectivity index (χ3n) is 5.44. The number of nitrogens with zero attached hydrogens (tertiary/aromatic N) is 5. The number of thioether (sulfide) groups is 1. The molecule has 1 aromatic heterocycles. The van der Waals surface area contributed by atoms with Gasteiger partial charge in [0.15, 0.2) is 11.0 Å². The van der Waals surface area contributed by atoms with Gasteiger partial charge >= 0.3 is 5.97 Å². The molecule has 10 heteroatoms. The number of aliphatic imine (C=N–C) groups is 1. The largest absolute Gasteiger partial charge is 0.481 e. The average molecular weight is 502 g/mol. The van der Waals surface area contributed by atoms with Crippen LogP contribution in [0.1, 0.15) is 42.3 Å². The summed E-state index contributed by atoms with van der Waals surface area (Å²) in [5.41, 5.74) is 2.12. The molecule has 0 unspecified atom stereocenters. The lowest BCUT2D eigenvalue weighted by Gasteiger charge is -2.14. The number of rotatable bonds is 9. The summed E-state index contributed by atoms with van der Waals surface area (Å²) in [4.78, 5) is 18.3. The van der Waals surface area contributed by atoms with Crippen molar-refractivity contribution in [2.24, 2.45) is 4.99 Å². The van der Waals surface area contributed by atoms with E-state index in [4.69, 9.17) is 16.6 Å². The summed E-state index contributed by atoms with van der Waals surface area (Å²) in [6.07, 6.45) is 1.07. The predicted octanol–water partition coefficient (Wildman–Crippen LogP) is 4.86. The van der Waals surface area contributed by atoms with Crippen LogP contribution in [0.3, 0.4) is 0 Å². The van der Waals surface area contributed by atoms with Gasteiger partial charge in [0.1, 0.15) is 11.9 Å². The summed E-state index contributed by atoms with van der Waals surface area (Å²) in [5.74, 6) is 0.0169. The zero-order valence-electron chi connectivity index (χ0n) is 18.9. The van der Waals surface area contributed by atoms with E-state index in [0.29, 0.717) is 32.8 Å². The minimum Gasteiger partial charge on any atom is -0.481 e. The summed E-state index contributed by atoms with van der Waals surface area (Å²) in [6.45, 7) is 0.946. The Kier molecular flexibility index (Phi) is 7.65. The number of hydrogen-bond acceptors (Lipinski definition) is 6. The van der Waals surface area contributed by atoms with Crippen LogP contribution >= 0.6 is 23.4 Å². The molecule has 4 rings (SSSR count). The number of carboxylic acids is 1. The van der Waals surface area contributed by atoms with Gasteiger partial charge in [-0.15, -0.1) is 10.2 Å². The van der Waals surface area contributed by atoms with Crippen molar-refractivity contribution >= 4 is 35.0 Å². The lowest BCUT2D eigenvalue weighted by molar-refractivity contribution is -0.137. The van der Waals surface area contributed by atoms with E-state index in [-0.39, 0.29) is 12.8 Å². The molecule has 1 atom stereocenters. The highest BCUT2D eigenvalue weighted by Gasteiger charge is 2.30. The molecular formula is C24H25ClFN5O2S. The van der Waals surface area contributed by atoms with Gasteiger partial charge in [-0.05, 0) is 63.8 Å². The first-order valence-electron chi connectivity index (χ1n) is 10.9. The number of carboxylic acid groups (broad SMARTS) is 1. The average Bonchev–Trinajstić information content (AvgIpc) is 3.15. The Morgan fingerprint density at radius 2 is 2.00 bits per heavy atom. The molecule has 0 spiro atoms. The Morgan fingerprint density at radius 3 is 2.74 bits per heavy atom. The van der Waals surface area contributed by atoms with Crippen LogP contribution in [-0.2, 0) is 4.79 Å². The fourth-order valence-electron chi connectivity index (χ4n) is 3.86. The van der Waals surface area contributed by atoms with Crippen LogP contribution in [0.25, 0.3) is 5.69 Å². The molecule has 178 valence electrons. The molecule has 0 aliphatic carbocycles. The minimum absolute atomic E-state index is 0.103. The van der Waals surface area contributed by atoms with Gasteiger partial charge in [-0.3, -0.25) is 14.4 Å². The van der Waals surface area contributed by atoms with Gasteiger partial charge < -0.3 is 10.0 Å². The van der Waals surface area contributed by atoms with Crippen LogP contribution in [0.4, 0.5) is 4.39 Å². The molecule has 1 aliphatic rings. The van der Waals surface area contributed by atoms with Crippen molar-refractivity contribution in [3.05, 3.63) is 70.3 Å². The topological polar surface area (TPSA) is 83.6 Å². The molecule has 0 saturated heterocycles.